The fraction of sp³-hybridized carbons (Fsp3) is 0.828. The summed E-state index contributed by atoms with van der Waals surface area (Å²) in [6.45, 7) is 18.5. The number of hydrogen-bond acceptors (Lipinski definition) is 4. The maximum atomic E-state index is 12.4. The molecule has 0 heterocycles. The van der Waals surface area contributed by atoms with E-state index in [4.69, 9.17) is 9.16 Å². The quantitative estimate of drug-likeness (QED) is 0.117. The van der Waals surface area contributed by atoms with Crippen molar-refractivity contribution in [3.8, 4) is 0 Å². The highest BCUT2D eigenvalue weighted by molar-refractivity contribution is 6.74. The van der Waals surface area contributed by atoms with Gasteiger partial charge in [-0.1, -0.05) is 77.7 Å². The molecule has 5 nitrogen and oxygen atoms in total. The first kappa shape index (κ1) is 33.9. The van der Waals surface area contributed by atoms with Gasteiger partial charge in [0.15, 0.2) is 8.32 Å². The molecule has 0 aromatic carbocycles. The second-order valence-electron chi connectivity index (χ2n) is 12.2. The fourth-order valence-corrected chi connectivity index (χ4v) is 4.60. The zero-order chi connectivity index (χ0) is 27.0. The predicted octanol–water partition coefficient (Wildman–Crippen LogP) is 8.30. The highest BCUT2D eigenvalue weighted by atomic mass is 28.4. The normalized spacial score (nSPS) is 15.0. The predicted molar refractivity (Wildman–Crippen MR) is 152 cm³/mol. The standard InChI is InChI=1S/C29H57NO4Si/c1-10-11-12-13-14-15-16-17-18-19-20-21-22-23-26(34-35(8,9)29(5,6)7)25(24-31)30-27(32)33-28(2,3)4/h15-16,22-23,25-26,31H,10-14,17-21,24H2,1-9H3,(H,30,32)/b16-15-,23-22+/t25-,26+/m0/s1. The largest absolute Gasteiger partial charge is 0.444 e. The van der Waals surface area contributed by atoms with E-state index in [2.05, 4.69) is 64.3 Å². The van der Waals surface area contributed by atoms with Crippen molar-refractivity contribution in [2.45, 2.75) is 149 Å². The molecule has 0 aromatic heterocycles. The number of carbonyl (C=O) groups is 1. The summed E-state index contributed by atoms with van der Waals surface area (Å²) >= 11 is 0. The number of aliphatic hydroxyl groups excluding tert-OH is 1. The lowest BCUT2D eigenvalue weighted by atomic mass is 10.1. The van der Waals surface area contributed by atoms with Crippen molar-refractivity contribution in [2.24, 2.45) is 0 Å². The van der Waals surface area contributed by atoms with E-state index in [0.29, 0.717) is 0 Å². The molecule has 6 heteroatoms. The molecule has 35 heavy (non-hydrogen) atoms. The van der Waals surface area contributed by atoms with Crippen molar-refractivity contribution < 1.29 is 19.1 Å². The maximum Gasteiger partial charge on any atom is 0.408 e. The summed E-state index contributed by atoms with van der Waals surface area (Å²) in [5.41, 5.74) is -0.597. The number of unbranched alkanes of at least 4 members (excludes halogenated alkanes) is 8. The van der Waals surface area contributed by atoms with E-state index < -0.39 is 32.2 Å². The monoisotopic (exact) mass is 511 g/mol. The lowest BCUT2D eigenvalue weighted by molar-refractivity contribution is 0.0415. The molecular weight excluding hydrogens is 454 g/mol. The summed E-state index contributed by atoms with van der Waals surface area (Å²) in [5.74, 6) is 0. The lowest BCUT2D eigenvalue weighted by Crippen LogP contribution is -2.53. The molecule has 2 atom stereocenters. The van der Waals surface area contributed by atoms with Crippen LogP contribution < -0.4 is 5.32 Å². The first-order valence-corrected chi connectivity index (χ1v) is 16.7. The molecule has 0 rings (SSSR count). The Kier molecular flexibility index (Phi) is 16.8. The minimum atomic E-state index is -2.11. The minimum Gasteiger partial charge on any atom is -0.444 e. The Morgan fingerprint density at radius 2 is 1.40 bits per heavy atom. The molecule has 0 aromatic rings. The molecule has 2 N–H and O–H groups in total. The molecule has 1 amide bonds. The van der Waals surface area contributed by atoms with Gasteiger partial charge in [0.2, 0.25) is 0 Å². The number of aliphatic hydroxyl groups is 1. The Morgan fingerprint density at radius 1 is 0.886 bits per heavy atom. The number of nitrogens with one attached hydrogen (secondary N) is 1. The molecule has 0 aliphatic carbocycles. The number of amides is 1. The first-order chi connectivity index (χ1) is 16.2. The average Bonchev–Trinajstić information content (AvgIpc) is 2.72. The third-order valence-corrected chi connectivity index (χ3v) is 11.0. The van der Waals surface area contributed by atoms with Crippen molar-refractivity contribution in [3.63, 3.8) is 0 Å². The van der Waals surface area contributed by atoms with E-state index in [1.807, 2.05) is 26.8 Å². The van der Waals surface area contributed by atoms with Gasteiger partial charge in [-0.15, -0.1) is 0 Å². The van der Waals surface area contributed by atoms with Crippen LogP contribution in [0.2, 0.25) is 18.1 Å². The molecule has 0 radical (unpaired) electrons. The Hall–Kier alpha value is -1.11. The summed E-state index contributed by atoms with van der Waals surface area (Å²) in [4.78, 5) is 12.4. The van der Waals surface area contributed by atoms with Crippen molar-refractivity contribution in [1.82, 2.24) is 5.32 Å². The van der Waals surface area contributed by atoms with Crippen LogP contribution in [0.3, 0.4) is 0 Å². The Morgan fingerprint density at radius 3 is 1.86 bits per heavy atom. The van der Waals surface area contributed by atoms with Gasteiger partial charge in [0.05, 0.1) is 18.8 Å². The van der Waals surface area contributed by atoms with Gasteiger partial charge in [0, 0.05) is 0 Å². The van der Waals surface area contributed by atoms with Gasteiger partial charge in [0.25, 0.3) is 0 Å². The Bertz CT molecular complexity index is 617. The maximum absolute atomic E-state index is 12.4. The number of rotatable bonds is 17. The SMILES string of the molecule is CCCCCC/C=C\CCCCC/C=C/[C@@H](O[Si](C)(C)C(C)(C)C)[C@H](CO)NC(=O)OC(C)(C)C. The lowest BCUT2D eigenvalue weighted by Gasteiger charge is -2.40. The van der Waals surface area contributed by atoms with Crippen LogP contribution in [0.4, 0.5) is 4.79 Å². The highest BCUT2D eigenvalue weighted by Gasteiger charge is 2.40. The molecular formula is C29H57NO4Si. The van der Waals surface area contributed by atoms with Crippen molar-refractivity contribution in [2.75, 3.05) is 6.61 Å². The first-order valence-electron chi connectivity index (χ1n) is 13.8. The third kappa shape index (κ3) is 17.1. The molecule has 0 aliphatic heterocycles. The molecule has 0 fully saturated rings. The summed E-state index contributed by atoms with van der Waals surface area (Å²) in [7, 11) is -2.11. The van der Waals surface area contributed by atoms with E-state index in [1.165, 1.54) is 44.9 Å². The number of hydrogen-bond donors (Lipinski definition) is 2. The van der Waals surface area contributed by atoms with Crippen LogP contribution >= 0.6 is 0 Å². The van der Waals surface area contributed by atoms with Crippen molar-refractivity contribution in [1.29, 1.82) is 0 Å². The molecule has 0 unspecified atom stereocenters. The zero-order valence-electron chi connectivity index (χ0n) is 24.4. The molecule has 0 aliphatic rings. The summed E-state index contributed by atoms with van der Waals surface area (Å²) < 4.78 is 12.0. The topological polar surface area (TPSA) is 67.8 Å². The number of allylic oxidation sites excluding steroid dienone is 3. The van der Waals surface area contributed by atoms with Crippen molar-refractivity contribution in [3.05, 3.63) is 24.3 Å². The Balaban J connectivity index is 4.80. The summed E-state index contributed by atoms with van der Waals surface area (Å²) in [6.07, 6.45) is 20.0. The number of ether oxygens (including phenoxy) is 1. The Labute approximate surface area is 218 Å². The van der Waals surface area contributed by atoms with Gasteiger partial charge in [-0.05, 0) is 77.4 Å². The van der Waals surface area contributed by atoms with E-state index in [9.17, 15) is 9.90 Å². The van der Waals surface area contributed by atoms with Gasteiger partial charge in [-0.3, -0.25) is 0 Å². The molecule has 0 saturated carbocycles. The second kappa shape index (κ2) is 17.4. The van der Waals surface area contributed by atoms with Gasteiger partial charge in [-0.2, -0.15) is 0 Å². The van der Waals surface area contributed by atoms with Gasteiger partial charge in [-0.25, -0.2) is 4.79 Å². The minimum absolute atomic E-state index is 0.0224. The van der Waals surface area contributed by atoms with Crippen LogP contribution in [-0.2, 0) is 9.16 Å². The van der Waals surface area contributed by atoms with Crippen molar-refractivity contribution >= 4 is 14.4 Å². The van der Waals surface area contributed by atoms with Gasteiger partial charge in [0.1, 0.15) is 5.60 Å². The van der Waals surface area contributed by atoms with Crippen LogP contribution in [0.15, 0.2) is 24.3 Å². The van der Waals surface area contributed by atoms with Crippen LogP contribution in [0.5, 0.6) is 0 Å². The second-order valence-corrected chi connectivity index (χ2v) is 16.9. The number of carbonyl (C=O) groups excluding carboxylic acids is 1. The average molecular weight is 512 g/mol. The van der Waals surface area contributed by atoms with E-state index in [-0.39, 0.29) is 11.6 Å². The molecule has 0 saturated heterocycles. The zero-order valence-corrected chi connectivity index (χ0v) is 25.4. The van der Waals surface area contributed by atoms with Crippen LogP contribution in [0.1, 0.15) is 113 Å². The highest BCUT2D eigenvalue weighted by Crippen LogP contribution is 2.37. The molecule has 0 bridgehead atoms. The van der Waals surface area contributed by atoms with E-state index >= 15 is 0 Å². The smallest absolute Gasteiger partial charge is 0.408 e. The van der Waals surface area contributed by atoms with Gasteiger partial charge >= 0.3 is 6.09 Å². The van der Waals surface area contributed by atoms with Crippen LogP contribution in [-0.4, -0.2) is 43.9 Å². The summed E-state index contributed by atoms with van der Waals surface area (Å²) in [5, 5.41) is 12.9. The van der Waals surface area contributed by atoms with Gasteiger partial charge < -0.3 is 19.6 Å². The molecule has 206 valence electrons. The van der Waals surface area contributed by atoms with E-state index in [0.717, 1.165) is 19.3 Å². The molecule has 0 spiro atoms. The fourth-order valence-electron chi connectivity index (χ4n) is 3.32. The summed E-state index contributed by atoms with van der Waals surface area (Å²) in [6, 6.07) is -0.558. The van der Waals surface area contributed by atoms with Crippen LogP contribution in [0.25, 0.3) is 0 Å². The van der Waals surface area contributed by atoms with Crippen LogP contribution in [0, 0.1) is 0 Å². The third-order valence-electron chi connectivity index (χ3n) is 6.49. The van der Waals surface area contributed by atoms with E-state index in [1.54, 1.807) is 0 Å². The number of alkyl carbamates (subject to hydrolysis) is 1.